The molecule has 3 rings (SSSR count). The summed E-state index contributed by atoms with van der Waals surface area (Å²) in [5.41, 5.74) is 8.47. The molecule has 1 aromatic heterocycles. The van der Waals surface area contributed by atoms with Crippen LogP contribution in [0.15, 0.2) is 30.5 Å². The zero-order valence-corrected chi connectivity index (χ0v) is 17.2. The van der Waals surface area contributed by atoms with Crippen LogP contribution in [0, 0.1) is 6.92 Å². The molecule has 9 heteroatoms. The fourth-order valence-electron chi connectivity index (χ4n) is 3.02. The second kappa shape index (κ2) is 10.5. The number of amides is 2. The summed E-state index contributed by atoms with van der Waals surface area (Å²) >= 11 is 0. The number of aryl methyl sites for hydroxylation is 1. The van der Waals surface area contributed by atoms with Crippen molar-refractivity contribution in [3.63, 3.8) is 0 Å². The smallest absolute Gasteiger partial charge is 0.256 e. The maximum atomic E-state index is 12.8. The Morgan fingerprint density at radius 1 is 1.13 bits per heavy atom. The van der Waals surface area contributed by atoms with Gasteiger partial charge in [0.25, 0.3) is 5.91 Å². The lowest BCUT2D eigenvalue weighted by molar-refractivity contribution is -0.122. The molecule has 0 aliphatic carbocycles. The summed E-state index contributed by atoms with van der Waals surface area (Å²) in [6.45, 7) is 4.09. The van der Waals surface area contributed by atoms with Crippen LogP contribution in [0.25, 0.3) is 0 Å². The third-order valence-electron chi connectivity index (χ3n) is 4.88. The van der Waals surface area contributed by atoms with Crippen molar-refractivity contribution in [3.8, 4) is 0 Å². The van der Waals surface area contributed by atoms with Crippen molar-refractivity contribution in [2.45, 2.75) is 38.8 Å². The Hall–Kier alpha value is -3.20. The van der Waals surface area contributed by atoms with Gasteiger partial charge in [-0.25, -0.2) is 4.98 Å². The van der Waals surface area contributed by atoms with E-state index in [0.29, 0.717) is 49.9 Å². The summed E-state index contributed by atoms with van der Waals surface area (Å²) in [6.07, 6.45) is 3.61. The monoisotopic (exact) mass is 411 g/mol. The highest BCUT2D eigenvalue weighted by atomic mass is 16.2. The number of anilines is 2. The number of nitrogens with one attached hydrogen (secondary N) is 4. The minimum atomic E-state index is -0.612. The zero-order chi connectivity index (χ0) is 21.3. The first-order valence-electron chi connectivity index (χ1n) is 10.2. The van der Waals surface area contributed by atoms with Crippen molar-refractivity contribution in [3.05, 3.63) is 47.2 Å². The van der Waals surface area contributed by atoms with Crippen molar-refractivity contribution in [2.75, 3.05) is 30.3 Å². The first-order chi connectivity index (χ1) is 14.5. The van der Waals surface area contributed by atoms with Crippen LogP contribution in [-0.2, 0) is 11.3 Å². The predicted molar refractivity (Wildman–Crippen MR) is 116 cm³/mol. The number of nitrogens with zero attached hydrogens (tertiary/aromatic N) is 2. The Labute approximate surface area is 176 Å². The molecule has 0 spiro atoms. The lowest BCUT2D eigenvalue weighted by atomic mass is 10.1. The van der Waals surface area contributed by atoms with Crippen LogP contribution < -0.4 is 27.0 Å². The molecule has 2 amide bonds. The molecule has 0 saturated heterocycles. The molecular weight excluding hydrogens is 382 g/mol. The molecule has 6 N–H and O–H groups in total. The third kappa shape index (κ3) is 6.15. The SMILES string of the molecule is Cc1ccc(CNC(=O)c2cnc3nc2NCC[C@H](N)C(=O)NCCCCN3)cc1. The summed E-state index contributed by atoms with van der Waals surface area (Å²) in [4.78, 5) is 33.5. The molecule has 2 heterocycles. The van der Waals surface area contributed by atoms with Gasteiger partial charge in [0.2, 0.25) is 11.9 Å². The molecule has 160 valence electrons. The maximum absolute atomic E-state index is 12.8. The van der Waals surface area contributed by atoms with Crippen molar-refractivity contribution in [1.82, 2.24) is 20.6 Å². The summed E-state index contributed by atoms with van der Waals surface area (Å²) in [6, 6.07) is 7.36. The maximum Gasteiger partial charge on any atom is 0.256 e. The molecule has 1 aromatic carbocycles. The van der Waals surface area contributed by atoms with Gasteiger partial charge in [-0.3, -0.25) is 9.59 Å². The van der Waals surface area contributed by atoms with E-state index in [4.69, 9.17) is 5.73 Å². The molecule has 0 fully saturated rings. The van der Waals surface area contributed by atoms with Crippen molar-refractivity contribution in [2.24, 2.45) is 5.73 Å². The molecule has 2 aromatic rings. The van der Waals surface area contributed by atoms with Crippen molar-refractivity contribution < 1.29 is 9.59 Å². The molecular formula is C21H29N7O2. The molecule has 0 unspecified atom stereocenters. The number of rotatable bonds is 3. The van der Waals surface area contributed by atoms with Crippen LogP contribution in [0.4, 0.5) is 11.8 Å². The number of benzene rings is 1. The zero-order valence-electron chi connectivity index (χ0n) is 17.2. The molecule has 1 aliphatic heterocycles. The highest BCUT2D eigenvalue weighted by molar-refractivity contribution is 5.98. The number of aromatic nitrogens is 2. The Morgan fingerprint density at radius 3 is 2.63 bits per heavy atom. The number of fused-ring (bicyclic) bond motifs is 2. The Kier molecular flexibility index (Phi) is 7.56. The minimum Gasteiger partial charge on any atom is -0.369 e. The average molecular weight is 412 g/mol. The van der Waals surface area contributed by atoms with Crippen LogP contribution in [0.2, 0.25) is 0 Å². The molecule has 0 radical (unpaired) electrons. The third-order valence-corrected chi connectivity index (χ3v) is 4.88. The van der Waals surface area contributed by atoms with E-state index in [1.807, 2.05) is 31.2 Å². The Bertz CT molecular complexity index is 870. The molecule has 1 atom stereocenters. The van der Waals surface area contributed by atoms with Crippen molar-refractivity contribution in [1.29, 1.82) is 0 Å². The van der Waals surface area contributed by atoms with Crippen LogP contribution in [0.3, 0.4) is 0 Å². The molecule has 30 heavy (non-hydrogen) atoms. The number of hydrogen-bond donors (Lipinski definition) is 5. The van der Waals surface area contributed by atoms with Crippen LogP contribution in [0.1, 0.15) is 40.7 Å². The average Bonchev–Trinajstić information content (AvgIpc) is 2.75. The van der Waals surface area contributed by atoms with Gasteiger partial charge in [0, 0.05) is 32.4 Å². The fraction of sp³-hybridized carbons (Fsp3) is 0.429. The summed E-state index contributed by atoms with van der Waals surface area (Å²) in [7, 11) is 0. The topological polar surface area (TPSA) is 134 Å². The fourth-order valence-corrected chi connectivity index (χ4v) is 3.02. The largest absolute Gasteiger partial charge is 0.369 e. The van der Waals surface area contributed by atoms with E-state index in [1.54, 1.807) is 0 Å². The quantitative estimate of drug-likeness (QED) is 0.512. The van der Waals surface area contributed by atoms with Gasteiger partial charge in [0.15, 0.2) is 0 Å². The van der Waals surface area contributed by atoms with Crippen molar-refractivity contribution >= 4 is 23.6 Å². The standard InChI is InChI=1S/C21H29N7O2/c1-14-4-6-15(7-5-14)12-26-19(29)16-13-27-21-25-10-3-2-9-24-20(30)17(22)8-11-23-18(16)28-21/h4-7,13,17H,2-3,8-12,22H2,1H3,(H,24,30)(H,26,29)(H2,23,25,27,28)/t17-/m0/s1. The van der Waals surface area contributed by atoms with E-state index in [9.17, 15) is 9.59 Å². The number of carbonyl (C=O) groups excluding carboxylic acids is 2. The predicted octanol–water partition coefficient (Wildman–Crippen LogP) is 1.17. The van der Waals surface area contributed by atoms with E-state index in [2.05, 4.69) is 31.2 Å². The number of hydrogen-bond acceptors (Lipinski definition) is 7. The van der Waals surface area contributed by atoms with E-state index < -0.39 is 6.04 Å². The highest BCUT2D eigenvalue weighted by Crippen LogP contribution is 2.15. The van der Waals surface area contributed by atoms with Gasteiger partial charge in [-0.15, -0.1) is 0 Å². The summed E-state index contributed by atoms with van der Waals surface area (Å²) < 4.78 is 0. The van der Waals surface area contributed by atoms with E-state index in [-0.39, 0.29) is 11.8 Å². The van der Waals surface area contributed by atoms with E-state index in [1.165, 1.54) is 11.8 Å². The first kappa shape index (κ1) is 21.5. The van der Waals surface area contributed by atoms with Gasteiger partial charge in [-0.05, 0) is 31.7 Å². The number of nitrogens with two attached hydrogens (primary N) is 1. The molecule has 1 aliphatic rings. The van der Waals surface area contributed by atoms with E-state index >= 15 is 0 Å². The first-order valence-corrected chi connectivity index (χ1v) is 10.2. The normalized spacial score (nSPS) is 17.7. The molecule has 0 saturated carbocycles. The van der Waals surface area contributed by atoms with E-state index in [0.717, 1.165) is 18.4 Å². The van der Waals surface area contributed by atoms with Crippen LogP contribution in [-0.4, -0.2) is 47.5 Å². The second-order valence-corrected chi connectivity index (χ2v) is 7.37. The van der Waals surface area contributed by atoms with Crippen LogP contribution in [0.5, 0.6) is 0 Å². The van der Waals surface area contributed by atoms with Gasteiger partial charge in [0.05, 0.1) is 6.04 Å². The molecule has 2 bridgehead atoms. The molecule has 9 nitrogen and oxygen atoms in total. The summed E-state index contributed by atoms with van der Waals surface area (Å²) in [5.74, 6) is 0.436. The van der Waals surface area contributed by atoms with Gasteiger partial charge in [-0.2, -0.15) is 4.98 Å². The van der Waals surface area contributed by atoms with Gasteiger partial charge in [-0.1, -0.05) is 29.8 Å². The lowest BCUT2D eigenvalue weighted by Gasteiger charge is -2.16. The Morgan fingerprint density at radius 2 is 1.87 bits per heavy atom. The second-order valence-electron chi connectivity index (χ2n) is 7.37. The van der Waals surface area contributed by atoms with Gasteiger partial charge >= 0.3 is 0 Å². The minimum absolute atomic E-state index is 0.166. The van der Waals surface area contributed by atoms with Gasteiger partial charge < -0.3 is 27.0 Å². The highest BCUT2D eigenvalue weighted by Gasteiger charge is 2.17. The summed E-state index contributed by atoms with van der Waals surface area (Å²) in [5, 5.41) is 12.0. The van der Waals surface area contributed by atoms with Crippen LogP contribution >= 0.6 is 0 Å². The van der Waals surface area contributed by atoms with Gasteiger partial charge in [0.1, 0.15) is 11.4 Å². The Balaban J connectivity index is 1.71. The lowest BCUT2D eigenvalue weighted by Crippen LogP contribution is -2.42. The number of carbonyl (C=O) groups is 2.